The third-order valence-corrected chi connectivity index (χ3v) is 12.4. The first-order valence-electron chi connectivity index (χ1n) is 21.9. The molecule has 0 amide bonds. The molecule has 0 bridgehead atoms. The standard InChI is InChI=1S/C57H49F3N4O/c1-55(2,3)41-26-27-61-54(33-41)64-50-25-21-42(57(58,59)60)32-49(50)48-23-22-47(35-52(48)64)65-46-19-13-18-44(34-46)62-36-63(53-30-39(20-24-51(53)62)37-14-9-7-10-15-37)45-29-40(38-16-11-8-12-17-38)28-43(31-45)56(4,5)6/h7-35H,36H2,1-6H3. The molecule has 0 atom stereocenters. The molecule has 9 aromatic rings. The van der Waals surface area contributed by atoms with Crippen LogP contribution < -0.4 is 14.5 Å². The van der Waals surface area contributed by atoms with Crippen molar-refractivity contribution < 1.29 is 17.9 Å². The van der Waals surface area contributed by atoms with Gasteiger partial charge in [0.25, 0.3) is 0 Å². The highest BCUT2D eigenvalue weighted by molar-refractivity contribution is 6.10. The highest BCUT2D eigenvalue weighted by Gasteiger charge is 2.32. The van der Waals surface area contributed by atoms with Crippen molar-refractivity contribution in [1.29, 1.82) is 0 Å². The van der Waals surface area contributed by atoms with Crippen LogP contribution in [-0.2, 0) is 17.0 Å². The Hall–Kier alpha value is -7.32. The van der Waals surface area contributed by atoms with E-state index in [0.717, 1.165) is 51.1 Å². The number of halogens is 3. The van der Waals surface area contributed by atoms with Crippen molar-refractivity contribution in [1.82, 2.24) is 9.55 Å². The molecule has 0 aliphatic carbocycles. The summed E-state index contributed by atoms with van der Waals surface area (Å²) < 4.78 is 50.8. The van der Waals surface area contributed by atoms with Gasteiger partial charge in [-0.1, -0.05) is 120 Å². The number of hydrogen-bond acceptors (Lipinski definition) is 4. The summed E-state index contributed by atoms with van der Waals surface area (Å²) in [7, 11) is 0. The molecular formula is C57H49F3N4O. The molecule has 0 spiro atoms. The van der Waals surface area contributed by atoms with Gasteiger partial charge in [-0.05, 0) is 123 Å². The molecular weight excluding hydrogens is 814 g/mol. The van der Waals surface area contributed by atoms with Gasteiger partial charge in [0.2, 0.25) is 0 Å². The normalized spacial score (nSPS) is 13.2. The van der Waals surface area contributed by atoms with Gasteiger partial charge in [-0.25, -0.2) is 4.98 Å². The molecule has 2 aromatic heterocycles. The Morgan fingerprint density at radius 1 is 0.462 bits per heavy atom. The molecule has 0 unspecified atom stereocenters. The van der Waals surface area contributed by atoms with E-state index in [1.807, 2.05) is 65.2 Å². The largest absolute Gasteiger partial charge is 0.457 e. The van der Waals surface area contributed by atoms with Crippen molar-refractivity contribution in [2.75, 3.05) is 16.5 Å². The van der Waals surface area contributed by atoms with E-state index < -0.39 is 11.7 Å². The van der Waals surface area contributed by atoms with E-state index in [9.17, 15) is 13.2 Å². The zero-order valence-corrected chi connectivity index (χ0v) is 37.3. The summed E-state index contributed by atoms with van der Waals surface area (Å²) in [5.74, 6) is 1.79. The number of hydrogen-bond donors (Lipinski definition) is 0. The van der Waals surface area contributed by atoms with Crippen LogP contribution in [0, 0.1) is 0 Å². The fraction of sp³-hybridized carbons (Fsp3) is 0.175. The number of nitrogens with zero attached hydrogens (tertiary/aromatic N) is 4. The zero-order valence-electron chi connectivity index (χ0n) is 37.3. The van der Waals surface area contributed by atoms with Gasteiger partial charge in [0, 0.05) is 40.5 Å². The Kier molecular flexibility index (Phi) is 10.1. The first kappa shape index (κ1) is 41.7. The van der Waals surface area contributed by atoms with E-state index in [1.54, 1.807) is 6.20 Å². The summed E-state index contributed by atoms with van der Waals surface area (Å²) in [4.78, 5) is 9.45. The monoisotopic (exact) mass is 862 g/mol. The van der Waals surface area contributed by atoms with Crippen molar-refractivity contribution in [3.05, 3.63) is 193 Å². The second-order valence-corrected chi connectivity index (χ2v) is 18.9. The molecule has 0 saturated carbocycles. The lowest BCUT2D eigenvalue weighted by atomic mass is 9.85. The number of fused-ring (bicyclic) bond motifs is 4. The molecule has 0 saturated heterocycles. The van der Waals surface area contributed by atoms with Crippen LogP contribution in [0.15, 0.2) is 176 Å². The van der Waals surface area contributed by atoms with Crippen molar-refractivity contribution in [3.8, 4) is 39.6 Å². The van der Waals surface area contributed by atoms with Gasteiger partial charge >= 0.3 is 6.18 Å². The molecule has 1 aliphatic rings. The topological polar surface area (TPSA) is 33.5 Å². The molecule has 10 rings (SSSR count). The summed E-state index contributed by atoms with van der Waals surface area (Å²) in [6, 6.07) is 56.1. The zero-order chi connectivity index (χ0) is 45.3. The van der Waals surface area contributed by atoms with Crippen molar-refractivity contribution in [2.24, 2.45) is 0 Å². The predicted molar refractivity (Wildman–Crippen MR) is 260 cm³/mol. The highest BCUT2D eigenvalue weighted by Crippen LogP contribution is 2.48. The van der Waals surface area contributed by atoms with Crippen LogP contribution in [0.2, 0.25) is 0 Å². The summed E-state index contributed by atoms with van der Waals surface area (Å²) >= 11 is 0. The molecule has 0 fully saturated rings. The minimum absolute atomic E-state index is 0.0876. The van der Waals surface area contributed by atoms with Crippen LogP contribution in [0.3, 0.4) is 0 Å². The van der Waals surface area contributed by atoms with Gasteiger partial charge in [-0.3, -0.25) is 4.57 Å². The number of pyridine rings is 1. The third kappa shape index (κ3) is 7.99. The van der Waals surface area contributed by atoms with Crippen molar-refractivity contribution in [3.63, 3.8) is 0 Å². The number of aromatic nitrogens is 2. The van der Waals surface area contributed by atoms with Crippen LogP contribution in [-0.4, -0.2) is 16.2 Å². The Labute approximate surface area is 378 Å². The lowest BCUT2D eigenvalue weighted by Gasteiger charge is -2.26. The molecule has 5 nitrogen and oxygen atoms in total. The number of alkyl halides is 3. The van der Waals surface area contributed by atoms with E-state index >= 15 is 0 Å². The van der Waals surface area contributed by atoms with Gasteiger partial charge in [0.1, 0.15) is 24.0 Å². The molecule has 8 heteroatoms. The highest BCUT2D eigenvalue weighted by atomic mass is 19.4. The number of ether oxygens (including phenoxy) is 1. The van der Waals surface area contributed by atoms with Crippen molar-refractivity contribution in [2.45, 2.75) is 58.5 Å². The molecule has 3 heterocycles. The fourth-order valence-electron chi connectivity index (χ4n) is 8.86. The molecule has 0 N–H and O–H groups in total. The maximum Gasteiger partial charge on any atom is 0.416 e. The van der Waals surface area contributed by atoms with Crippen LogP contribution in [0.4, 0.5) is 35.9 Å². The summed E-state index contributed by atoms with van der Waals surface area (Å²) in [5.41, 5.74) is 11.5. The van der Waals surface area contributed by atoms with E-state index in [-0.39, 0.29) is 10.8 Å². The lowest BCUT2D eigenvalue weighted by Crippen LogP contribution is -2.24. The molecule has 1 aliphatic heterocycles. The maximum absolute atomic E-state index is 14.1. The second kappa shape index (κ2) is 15.7. The number of anilines is 4. The van der Waals surface area contributed by atoms with Crippen LogP contribution in [0.25, 0.3) is 49.9 Å². The second-order valence-electron chi connectivity index (χ2n) is 18.9. The first-order chi connectivity index (χ1) is 31.1. The van der Waals surface area contributed by atoms with Crippen molar-refractivity contribution >= 4 is 44.6 Å². The lowest BCUT2D eigenvalue weighted by molar-refractivity contribution is -0.137. The van der Waals surface area contributed by atoms with Gasteiger partial charge in [0.15, 0.2) is 0 Å². The van der Waals surface area contributed by atoms with Gasteiger partial charge in [0.05, 0.1) is 28.0 Å². The van der Waals surface area contributed by atoms with E-state index in [4.69, 9.17) is 9.72 Å². The van der Waals surface area contributed by atoms with Crippen LogP contribution in [0.5, 0.6) is 11.5 Å². The average Bonchev–Trinajstić information content (AvgIpc) is 3.84. The minimum Gasteiger partial charge on any atom is -0.457 e. The maximum atomic E-state index is 14.1. The SMILES string of the molecule is CC(C)(C)c1cc(-c2ccccc2)cc(N2CN(c3cccc(Oc4ccc5c6cc(C(F)(F)F)ccc6n(-c6cc(C(C)(C)C)ccn6)c5c4)c3)c3ccc(-c4ccccc4)cc32)c1. The van der Waals surface area contributed by atoms with E-state index in [2.05, 4.69) is 142 Å². The number of benzene rings is 7. The molecule has 324 valence electrons. The first-order valence-corrected chi connectivity index (χ1v) is 21.9. The smallest absolute Gasteiger partial charge is 0.416 e. The third-order valence-electron chi connectivity index (χ3n) is 12.4. The number of rotatable bonds is 7. The molecule has 7 aromatic carbocycles. The summed E-state index contributed by atoms with van der Waals surface area (Å²) in [6.07, 6.45) is -2.73. The predicted octanol–water partition coefficient (Wildman–Crippen LogP) is 16.2. The Balaban J connectivity index is 1.05. The summed E-state index contributed by atoms with van der Waals surface area (Å²) in [6.45, 7) is 13.7. The quantitative estimate of drug-likeness (QED) is 0.160. The Bertz CT molecular complexity index is 3230. The van der Waals surface area contributed by atoms with Gasteiger partial charge in [-0.15, -0.1) is 0 Å². The minimum atomic E-state index is -4.49. The van der Waals surface area contributed by atoms with Gasteiger partial charge < -0.3 is 14.5 Å². The molecule has 65 heavy (non-hydrogen) atoms. The van der Waals surface area contributed by atoms with Crippen LogP contribution in [0.1, 0.15) is 58.2 Å². The van der Waals surface area contributed by atoms with Crippen LogP contribution >= 0.6 is 0 Å². The van der Waals surface area contributed by atoms with Gasteiger partial charge in [-0.2, -0.15) is 13.2 Å². The Morgan fingerprint density at radius 2 is 1.15 bits per heavy atom. The van der Waals surface area contributed by atoms with E-state index in [0.29, 0.717) is 45.8 Å². The Morgan fingerprint density at radius 3 is 1.86 bits per heavy atom. The molecule has 0 radical (unpaired) electrons. The van der Waals surface area contributed by atoms with E-state index in [1.165, 1.54) is 23.3 Å². The fourth-order valence-corrected chi connectivity index (χ4v) is 8.86. The summed E-state index contributed by atoms with van der Waals surface area (Å²) in [5, 5.41) is 1.16. The average molecular weight is 863 g/mol.